The summed E-state index contributed by atoms with van der Waals surface area (Å²) < 4.78 is 38.8. The maximum atomic E-state index is 13.6. The second-order valence-electron chi connectivity index (χ2n) is 8.19. The Bertz CT molecular complexity index is 1240. The number of methoxy groups -OCH3 is 2. The first-order chi connectivity index (χ1) is 16.1. The van der Waals surface area contributed by atoms with E-state index in [1.54, 1.807) is 24.3 Å². The number of hydrogen-bond acceptors (Lipinski definition) is 5. The fourth-order valence-electron chi connectivity index (χ4n) is 3.41. The summed E-state index contributed by atoms with van der Waals surface area (Å²) in [4.78, 5) is 13.0. The SMILES string of the molecule is COc1ccc(N(CC(=O)Nc2ccc(C(C)C)cc2)S(=O)(=O)c2ccc(C)cc2)cc1OC. The van der Waals surface area contributed by atoms with Crippen LogP contribution in [-0.4, -0.2) is 35.1 Å². The number of amides is 1. The number of rotatable bonds is 9. The molecule has 0 saturated carbocycles. The summed E-state index contributed by atoms with van der Waals surface area (Å²) in [5, 5.41) is 2.79. The first kappa shape index (κ1) is 25.1. The number of anilines is 2. The van der Waals surface area contributed by atoms with Gasteiger partial charge in [0.25, 0.3) is 10.0 Å². The number of carbonyl (C=O) groups is 1. The molecule has 180 valence electrons. The number of nitrogens with one attached hydrogen (secondary N) is 1. The summed E-state index contributed by atoms with van der Waals surface area (Å²) in [6, 6.07) is 18.7. The smallest absolute Gasteiger partial charge is 0.264 e. The fraction of sp³-hybridized carbons (Fsp3) is 0.269. The monoisotopic (exact) mass is 482 g/mol. The van der Waals surface area contributed by atoms with Crippen molar-refractivity contribution in [3.8, 4) is 11.5 Å². The van der Waals surface area contributed by atoms with Crippen LogP contribution in [-0.2, 0) is 14.8 Å². The number of nitrogens with zero attached hydrogens (tertiary/aromatic N) is 1. The van der Waals surface area contributed by atoms with Gasteiger partial charge in [-0.2, -0.15) is 0 Å². The number of ether oxygens (including phenoxy) is 2. The largest absolute Gasteiger partial charge is 0.493 e. The van der Waals surface area contributed by atoms with Crippen LogP contribution in [0.4, 0.5) is 11.4 Å². The molecule has 7 nitrogen and oxygen atoms in total. The average molecular weight is 483 g/mol. The Morgan fingerprint density at radius 1 is 0.912 bits per heavy atom. The lowest BCUT2D eigenvalue weighted by Gasteiger charge is -2.25. The van der Waals surface area contributed by atoms with Crippen LogP contribution in [0, 0.1) is 6.92 Å². The van der Waals surface area contributed by atoms with Crippen molar-refractivity contribution < 1.29 is 22.7 Å². The second kappa shape index (κ2) is 10.6. The standard InChI is InChI=1S/C26H30N2O5S/c1-18(2)20-8-10-21(11-9-20)27-26(29)17-28(22-12-15-24(32-4)25(16-22)33-5)34(30,31)23-13-6-19(3)7-14-23/h6-16,18H,17H2,1-5H3,(H,27,29). The van der Waals surface area contributed by atoms with Crippen LogP contribution in [0.1, 0.15) is 30.9 Å². The minimum atomic E-state index is -4.04. The Kier molecular flexibility index (Phi) is 7.83. The van der Waals surface area contributed by atoms with E-state index < -0.39 is 22.5 Å². The summed E-state index contributed by atoms with van der Waals surface area (Å²) in [6.07, 6.45) is 0. The highest BCUT2D eigenvalue weighted by atomic mass is 32.2. The molecule has 34 heavy (non-hydrogen) atoms. The molecule has 3 aromatic carbocycles. The van der Waals surface area contributed by atoms with Gasteiger partial charge >= 0.3 is 0 Å². The van der Waals surface area contributed by atoms with Crippen molar-refractivity contribution in [2.24, 2.45) is 0 Å². The third kappa shape index (κ3) is 5.69. The van der Waals surface area contributed by atoms with E-state index in [1.165, 1.54) is 32.4 Å². The normalized spacial score (nSPS) is 11.2. The minimum absolute atomic E-state index is 0.0852. The fourth-order valence-corrected chi connectivity index (χ4v) is 4.83. The number of carbonyl (C=O) groups excluding carboxylic acids is 1. The first-order valence-corrected chi connectivity index (χ1v) is 12.3. The lowest BCUT2D eigenvalue weighted by molar-refractivity contribution is -0.114. The lowest BCUT2D eigenvalue weighted by atomic mass is 10.0. The molecule has 3 aromatic rings. The molecule has 0 aliphatic carbocycles. The number of hydrogen-bond donors (Lipinski definition) is 1. The Morgan fingerprint density at radius 3 is 2.09 bits per heavy atom. The van der Waals surface area contributed by atoms with Gasteiger partial charge in [-0.15, -0.1) is 0 Å². The van der Waals surface area contributed by atoms with E-state index in [0.29, 0.717) is 23.1 Å². The van der Waals surface area contributed by atoms with Gasteiger partial charge in [0.05, 0.1) is 24.8 Å². The Labute approximate surface area is 201 Å². The predicted octanol–water partition coefficient (Wildman–Crippen LogP) is 4.97. The zero-order valence-corrected chi connectivity index (χ0v) is 20.8. The van der Waals surface area contributed by atoms with Crippen LogP contribution in [0.3, 0.4) is 0 Å². The topological polar surface area (TPSA) is 84.9 Å². The zero-order chi connectivity index (χ0) is 24.9. The van der Waals surface area contributed by atoms with Gasteiger partial charge in [-0.1, -0.05) is 43.7 Å². The third-order valence-electron chi connectivity index (χ3n) is 5.41. The first-order valence-electron chi connectivity index (χ1n) is 10.9. The molecule has 1 amide bonds. The van der Waals surface area contributed by atoms with Crippen LogP contribution in [0.25, 0.3) is 0 Å². The van der Waals surface area contributed by atoms with E-state index >= 15 is 0 Å². The van der Waals surface area contributed by atoms with Crippen molar-refractivity contribution in [1.82, 2.24) is 0 Å². The molecule has 1 N–H and O–H groups in total. The van der Waals surface area contributed by atoms with Gasteiger partial charge < -0.3 is 14.8 Å². The molecule has 0 saturated heterocycles. The maximum absolute atomic E-state index is 13.6. The summed E-state index contributed by atoms with van der Waals surface area (Å²) in [7, 11) is -1.08. The van der Waals surface area contributed by atoms with Gasteiger partial charge in [0, 0.05) is 11.8 Å². The Hall–Kier alpha value is -3.52. The summed E-state index contributed by atoms with van der Waals surface area (Å²) in [5.74, 6) is 0.704. The van der Waals surface area contributed by atoms with Crippen molar-refractivity contribution in [3.05, 3.63) is 77.9 Å². The molecule has 0 fully saturated rings. The van der Waals surface area contributed by atoms with Gasteiger partial charge in [0.1, 0.15) is 6.54 Å². The quantitative estimate of drug-likeness (QED) is 0.465. The number of aryl methyl sites for hydroxylation is 1. The van der Waals surface area contributed by atoms with Gasteiger partial charge in [-0.25, -0.2) is 8.42 Å². The Balaban J connectivity index is 1.96. The van der Waals surface area contributed by atoms with Crippen molar-refractivity contribution >= 4 is 27.3 Å². The van der Waals surface area contributed by atoms with E-state index in [0.717, 1.165) is 15.4 Å². The summed E-state index contributed by atoms with van der Waals surface area (Å²) in [6.45, 7) is 5.63. The molecule has 0 aromatic heterocycles. The molecule has 0 spiro atoms. The second-order valence-corrected chi connectivity index (χ2v) is 10.1. The molecule has 8 heteroatoms. The van der Waals surface area contributed by atoms with Gasteiger partial charge in [0.15, 0.2) is 11.5 Å². The zero-order valence-electron chi connectivity index (χ0n) is 20.0. The van der Waals surface area contributed by atoms with Crippen LogP contribution in [0.15, 0.2) is 71.6 Å². The third-order valence-corrected chi connectivity index (χ3v) is 7.20. The maximum Gasteiger partial charge on any atom is 0.264 e. The lowest BCUT2D eigenvalue weighted by Crippen LogP contribution is -2.38. The highest BCUT2D eigenvalue weighted by molar-refractivity contribution is 7.92. The van der Waals surface area contributed by atoms with Crippen LogP contribution < -0.4 is 19.1 Å². The van der Waals surface area contributed by atoms with Crippen LogP contribution in [0.5, 0.6) is 11.5 Å². The van der Waals surface area contributed by atoms with Crippen LogP contribution >= 0.6 is 0 Å². The molecule has 3 rings (SSSR count). The number of sulfonamides is 1. The van der Waals surface area contributed by atoms with E-state index in [9.17, 15) is 13.2 Å². The van der Waals surface area contributed by atoms with E-state index in [1.807, 2.05) is 31.2 Å². The van der Waals surface area contributed by atoms with Gasteiger partial charge in [-0.05, 0) is 54.8 Å². The molecule has 0 atom stereocenters. The van der Waals surface area contributed by atoms with Crippen molar-refractivity contribution in [2.45, 2.75) is 31.6 Å². The van der Waals surface area contributed by atoms with Crippen molar-refractivity contribution in [1.29, 1.82) is 0 Å². The highest BCUT2D eigenvalue weighted by Gasteiger charge is 2.28. The summed E-state index contributed by atoms with van der Waals surface area (Å²) >= 11 is 0. The molecule has 0 aliphatic heterocycles. The van der Waals surface area contributed by atoms with Gasteiger partial charge in [0.2, 0.25) is 5.91 Å². The summed E-state index contributed by atoms with van der Waals surface area (Å²) in [5.41, 5.74) is 2.95. The molecular formula is C26H30N2O5S. The van der Waals surface area contributed by atoms with Crippen molar-refractivity contribution in [2.75, 3.05) is 30.4 Å². The average Bonchev–Trinajstić information content (AvgIpc) is 2.82. The van der Waals surface area contributed by atoms with Crippen LogP contribution in [0.2, 0.25) is 0 Å². The minimum Gasteiger partial charge on any atom is -0.493 e. The molecule has 0 radical (unpaired) electrons. The molecule has 0 unspecified atom stereocenters. The Morgan fingerprint density at radius 2 is 1.53 bits per heavy atom. The predicted molar refractivity (Wildman–Crippen MR) is 134 cm³/mol. The highest BCUT2D eigenvalue weighted by Crippen LogP contribution is 2.34. The molecular weight excluding hydrogens is 452 g/mol. The van der Waals surface area contributed by atoms with Gasteiger partial charge in [-0.3, -0.25) is 9.10 Å². The van der Waals surface area contributed by atoms with E-state index in [4.69, 9.17) is 9.47 Å². The molecule has 0 bridgehead atoms. The molecule has 0 aliphatic rings. The van der Waals surface area contributed by atoms with Crippen molar-refractivity contribution in [3.63, 3.8) is 0 Å². The number of benzene rings is 3. The van der Waals surface area contributed by atoms with E-state index in [-0.39, 0.29) is 10.6 Å². The van der Waals surface area contributed by atoms with E-state index in [2.05, 4.69) is 19.2 Å². The molecule has 0 heterocycles.